The van der Waals surface area contributed by atoms with Gasteiger partial charge >= 0.3 is 0 Å². The van der Waals surface area contributed by atoms with Crippen LogP contribution in [0.15, 0.2) is 0 Å². The van der Waals surface area contributed by atoms with Gasteiger partial charge in [0.2, 0.25) is 0 Å². The highest BCUT2D eigenvalue weighted by Crippen LogP contribution is 2.25. The van der Waals surface area contributed by atoms with Gasteiger partial charge in [-0.15, -0.1) is 0 Å². The molecular formula is C19H40O3. The lowest BCUT2D eigenvalue weighted by atomic mass is 9.89. The Bertz CT molecular complexity index is 229. The van der Waals surface area contributed by atoms with Crippen molar-refractivity contribution in [2.24, 2.45) is 5.41 Å². The molecule has 3 heteroatoms. The Morgan fingerprint density at radius 3 is 1.27 bits per heavy atom. The standard InChI is InChI=1S/C19H40O3/c1-7-20-19(21-8-2,22-9-3)17-15-13-11-10-12-14-16-18(4,5)6/h7-17H2,1-6H3. The van der Waals surface area contributed by atoms with E-state index in [9.17, 15) is 0 Å². The molecule has 0 heterocycles. The second-order valence-corrected chi connectivity index (χ2v) is 7.16. The van der Waals surface area contributed by atoms with E-state index >= 15 is 0 Å². The van der Waals surface area contributed by atoms with Crippen molar-refractivity contribution in [3.63, 3.8) is 0 Å². The van der Waals surface area contributed by atoms with Crippen LogP contribution in [0.4, 0.5) is 0 Å². The first-order chi connectivity index (χ1) is 10.4. The van der Waals surface area contributed by atoms with Crippen LogP contribution >= 0.6 is 0 Å². The van der Waals surface area contributed by atoms with Gasteiger partial charge in [0.25, 0.3) is 5.97 Å². The van der Waals surface area contributed by atoms with Crippen LogP contribution in [0.1, 0.15) is 92.9 Å². The molecule has 22 heavy (non-hydrogen) atoms. The Balaban J connectivity index is 3.84. The lowest BCUT2D eigenvalue weighted by Gasteiger charge is -2.32. The van der Waals surface area contributed by atoms with Gasteiger partial charge < -0.3 is 14.2 Å². The monoisotopic (exact) mass is 316 g/mol. The molecule has 0 aromatic heterocycles. The van der Waals surface area contributed by atoms with E-state index in [0.29, 0.717) is 25.2 Å². The molecule has 0 saturated heterocycles. The quantitative estimate of drug-likeness (QED) is 0.294. The first-order valence-corrected chi connectivity index (χ1v) is 9.31. The molecule has 134 valence electrons. The number of hydrogen-bond donors (Lipinski definition) is 0. The maximum absolute atomic E-state index is 5.75. The second kappa shape index (κ2) is 12.3. The van der Waals surface area contributed by atoms with Crippen molar-refractivity contribution < 1.29 is 14.2 Å². The van der Waals surface area contributed by atoms with Crippen LogP contribution in [0.25, 0.3) is 0 Å². The zero-order valence-electron chi connectivity index (χ0n) is 16.0. The van der Waals surface area contributed by atoms with Crippen molar-refractivity contribution in [1.29, 1.82) is 0 Å². The summed E-state index contributed by atoms with van der Waals surface area (Å²) in [6.07, 6.45) is 9.81. The van der Waals surface area contributed by atoms with E-state index in [-0.39, 0.29) is 0 Å². The molecule has 0 spiro atoms. The highest BCUT2D eigenvalue weighted by Gasteiger charge is 2.31. The zero-order valence-corrected chi connectivity index (χ0v) is 16.0. The molecule has 0 rings (SSSR count). The number of ether oxygens (including phenoxy) is 3. The van der Waals surface area contributed by atoms with Gasteiger partial charge in [0.05, 0.1) is 0 Å². The fourth-order valence-electron chi connectivity index (χ4n) is 2.71. The summed E-state index contributed by atoms with van der Waals surface area (Å²) in [5, 5.41) is 0. The molecule has 0 radical (unpaired) electrons. The van der Waals surface area contributed by atoms with Crippen LogP contribution in [0.3, 0.4) is 0 Å². The molecule has 0 aliphatic carbocycles. The fraction of sp³-hybridized carbons (Fsp3) is 1.00. The van der Waals surface area contributed by atoms with E-state index in [0.717, 1.165) is 12.8 Å². The molecular weight excluding hydrogens is 276 g/mol. The Morgan fingerprint density at radius 2 is 0.909 bits per heavy atom. The summed E-state index contributed by atoms with van der Waals surface area (Å²) in [5.74, 6) is -0.815. The summed E-state index contributed by atoms with van der Waals surface area (Å²) in [6, 6.07) is 0. The smallest absolute Gasteiger partial charge is 0.282 e. The molecule has 0 atom stereocenters. The van der Waals surface area contributed by atoms with Crippen molar-refractivity contribution in [2.75, 3.05) is 19.8 Å². The van der Waals surface area contributed by atoms with Crippen molar-refractivity contribution in [3.05, 3.63) is 0 Å². The van der Waals surface area contributed by atoms with Gasteiger partial charge in [0, 0.05) is 26.2 Å². The van der Waals surface area contributed by atoms with Gasteiger partial charge in [-0.3, -0.25) is 0 Å². The first-order valence-electron chi connectivity index (χ1n) is 9.31. The average Bonchev–Trinajstić information content (AvgIpc) is 2.41. The predicted molar refractivity (Wildman–Crippen MR) is 94.0 cm³/mol. The van der Waals surface area contributed by atoms with Gasteiger partial charge in [-0.2, -0.15) is 0 Å². The van der Waals surface area contributed by atoms with Crippen LogP contribution in [-0.4, -0.2) is 25.8 Å². The summed E-state index contributed by atoms with van der Waals surface area (Å²) < 4.78 is 17.2. The lowest BCUT2D eigenvalue weighted by molar-refractivity contribution is -0.380. The third-order valence-corrected chi connectivity index (χ3v) is 3.75. The molecule has 0 saturated carbocycles. The van der Waals surface area contributed by atoms with E-state index in [1.54, 1.807) is 0 Å². The summed E-state index contributed by atoms with van der Waals surface area (Å²) >= 11 is 0. The topological polar surface area (TPSA) is 27.7 Å². The SMILES string of the molecule is CCOC(CCCCCCCCC(C)(C)C)(OCC)OCC. The first kappa shape index (κ1) is 21.9. The minimum absolute atomic E-state index is 0.478. The normalized spacial score (nSPS) is 12.8. The summed E-state index contributed by atoms with van der Waals surface area (Å²) in [4.78, 5) is 0. The fourth-order valence-corrected chi connectivity index (χ4v) is 2.71. The van der Waals surface area contributed by atoms with E-state index in [1.165, 1.54) is 38.5 Å². The van der Waals surface area contributed by atoms with Gasteiger partial charge in [-0.1, -0.05) is 52.9 Å². The van der Waals surface area contributed by atoms with Crippen molar-refractivity contribution in [1.82, 2.24) is 0 Å². The molecule has 0 N–H and O–H groups in total. The van der Waals surface area contributed by atoms with E-state index in [4.69, 9.17) is 14.2 Å². The van der Waals surface area contributed by atoms with E-state index in [2.05, 4.69) is 20.8 Å². The van der Waals surface area contributed by atoms with Crippen LogP contribution in [0.2, 0.25) is 0 Å². The average molecular weight is 317 g/mol. The second-order valence-electron chi connectivity index (χ2n) is 7.16. The zero-order chi connectivity index (χ0) is 16.9. The highest BCUT2D eigenvalue weighted by molar-refractivity contribution is 4.62. The molecule has 0 bridgehead atoms. The highest BCUT2D eigenvalue weighted by atomic mass is 16.9. The van der Waals surface area contributed by atoms with Gasteiger partial charge in [-0.05, 0) is 39.0 Å². The van der Waals surface area contributed by atoms with E-state index in [1.807, 2.05) is 20.8 Å². The van der Waals surface area contributed by atoms with Crippen molar-refractivity contribution in [2.45, 2.75) is 98.9 Å². The van der Waals surface area contributed by atoms with E-state index < -0.39 is 5.97 Å². The Hall–Kier alpha value is -0.120. The van der Waals surface area contributed by atoms with Crippen LogP contribution in [-0.2, 0) is 14.2 Å². The third kappa shape index (κ3) is 11.4. The summed E-state index contributed by atoms with van der Waals surface area (Å²) in [6.45, 7) is 14.8. The molecule has 0 aromatic carbocycles. The minimum atomic E-state index is -0.815. The molecule has 0 aliphatic heterocycles. The van der Waals surface area contributed by atoms with Crippen LogP contribution in [0.5, 0.6) is 0 Å². The Labute approximate surface area is 139 Å². The molecule has 0 unspecified atom stereocenters. The molecule has 3 nitrogen and oxygen atoms in total. The van der Waals surface area contributed by atoms with Crippen molar-refractivity contribution in [3.8, 4) is 0 Å². The molecule has 0 amide bonds. The van der Waals surface area contributed by atoms with Gasteiger partial charge in [-0.25, -0.2) is 0 Å². The Kier molecular flexibility index (Phi) is 12.3. The predicted octanol–water partition coefficient (Wildman–Crippen LogP) is 5.92. The molecule has 0 aromatic rings. The number of hydrogen-bond acceptors (Lipinski definition) is 3. The molecule has 0 aliphatic rings. The third-order valence-electron chi connectivity index (χ3n) is 3.75. The van der Waals surface area contributed by atoms with Crippen molar-refractivity contribution >= 4 is 0 Å². The number of unbranched alkanes of at least 4 members (excludes halogenated alkanes) is 5. The maximum atomic E-state index is 5.75. The summed E-state index contributed by atoms with van der Waals surface area (Å²) in [5.41, 5.74) is 0.478. The maximum Gasteiger partial charge on any atom is 0.282 e. The lowest BCUT2D eigenvalue weighted by Crippen LogP contribution is -2.39. The van der Waals surface area contributed by atoms with Crippen LogP contribution < -0.4 is 0 Å². The minimum Gasteiger partial charge on any atom is -0.328 e. The summed E-state index contributed by atoms with van der Waals surface area (Å²) in [7, 11) is 0. The van der Waals surface area contributed by atoms with Gasteiger partial charge in [0.15, 0.2) is 0 Å². The number of rotatable bonds is 14. The largest absolute Gasteiger partial charge is 0.328 e. The van der Waals surface area contributed by atoms with Crippen LogP contribution in [0, 0.1) is 5.41 Å². The van der Waals surface area contributed by atoms with Gasteiger partial charge in [0.1, 0.15) is 0 Å². The molecule has 0 fully saturated rings. The Morgan fingerprint density at radius 1 is 0.545 bits per heavy atom.